The van der Waals surface area contributed by atoms with Crippen molar-refractivity contribution in [1.29, 1.82) is 0 Å². The molecular weight excluding hydrogens is 709 g/mol. The molecule has 0 aliphatic carbocycles. The predicted octanol–water partition coefficient (Wildman–Crippen LogP) is 5.93. The second-order valence-corrected chi connectivity index (χ2v) is 16.6. The quantitative estimate of drug-likeness (QED) is 0.0957. The van der Waals surface area contributed by atoms with E-state index in [-0.39, 0.29) is 72.8 Å². The van der Waals surface area contributed by atoms with Gasteiger partial charge in [0.05, 0.1) is 25.3 Å². The number of benzene rings is 2. The predicted molar refractivity (Wildman–Crippen MR) is 225 cm³/mol. The van der Waals surface area contributed by atoms with Crippen LogP contribution in [0.3, 0.4) is 0 Å². The molecule has 0 saturated heterocycles. The molecule has 0 saturated carbocycles. The highest BCUT2D eigenvalue weighted by Crippen LogP contribution is 2.31. The number of carbonyl (C=O) groups is 4. The minimum Gasteiger partial charge on any atom is -0.394 e. The van der Waals surface area contributed by atoms with Gasteiger partial charge in [-0.05, 0) is 85.0 Å². The fourth-order valence-electron chi connectivity index (χ4n) is 8.35. The molecule has 2 aromatic carbocycles. The molecule has 0 unspecified atom stereocenters. The first kappa shape index (κ1) is 44.6. The number of hydrogen-bond donors (Lipinski definition) is 6. The molecular formula is C44H68N6O6. The third-order valence-corrected chi connectivity index (χ3v) is 11.2. The monoisotopic (exact) mass is 777 g/mol. The van der Waals surface area contributed by atoms with E-state index in [0.717, 1.165) is 85.2 Å². The maximum Gasteiger partial charge on any atom is 0.243 e. The van der Waals surface area contributed by atoms with Crippen molar-refractivity contribution in [2.24, 2.45) is 11.8 Å². The van der Waals surface area contributed by atoms with Crippen molar-refractivity contribution in [2.75, 3.05) is 47.7 Å². The molecule has 12 heteroatoms. The molecule has 310 valence electrons. The zero-order valence-corrected chi connectivity index (χ0v) is 34.7. The van der Waals surface area contributed by atoms with Gasteiger partial charge in [-0.15, -0.1) is 0 Å². The number of hydrogen-bond acceptors (Lipinski definition) is 8. The number of aliphatic hydroxyl groups excluding tert-OH is 2. The lowest BCUT2D eigenvalue weighted by Gasteiger charge is -2.37. The number of rotatable bonds is 19. The highest BCUT2D eigenvalue weighted by Gasteiger charge is 2.33. The highest BCUT2D eigenvalue weighted by atomic mass is 16.3. The lowest BCUT2D eigenvalue weighted by Crippen LogP contribution is -2.54. The maximum absolute atomic E-state index is 12.9. The summed E-state index contributed by atoms with van der Waals surface area (Å²) in [7, 11) is 3.84. The average Bonchev–Trinajstić information content (AvgIpc) is 3.13. The summed E-state index contributed by atoms with van der Waals surface area (Å²) in [5.41, 5.74) is 5.32. The first-order valence-electron chi connectivity index (χ1n) is 21.0. The van der Waals surface area contributed by atoms with Gasteiger partial charge >= 0.3 is 0 Å². The van der Waals surface area contributed by atoms with E-state index in [4.69, 9.17) is 0 Å². The van der Waals surface area contributed by atoms with Crippen molar-refractivity contribution < 1.29 is 29.4 Å². The Morgan fingerprint density at radius 2 is 0.964 bits per heavy atom. The first-order chi connectivity index (χ1) is 26.8. The molecule has 0 aromatic heterocycles. The minimum absolute atomic E-state index is 0.00142. The molecule has 2 heterocycles. The summed E-state index contributed by atoms with van der Waals surface area (Å²) in [4.78, 5) is 55.2. The second kappa shape index (κ2) is 22.0. The standard InChI is InChI=1S/C44H68N6O6/c1-29(2)41-43(55)47-35(27-51)25-31-23-33(19-21-37(31)49(41)5)45-39(53)17-15-13-11-9-7-8-10-12-14-16-18-40(54)46-34-20-22-38-32(24-34)26-36(28-52)48-44(56)42(30(3)4)50(38)6/h19-24,29-30,35-36,41-42,51-52H,7-18,25-28H2,1-6H3,(H,45,53)(H,46,54)(H,47,55)(H,48,56)/t35-,36-,41-,42-/m0/s1. The zero-order chi connectivity index (χ0) is 40.8. The molecule has 56 heavy (non-hydrogen) atoms. The van der Waals surface area contributed by atoms with Crippen molar-refractivity contribution in [3.8, 4) is 0 Å². The largest absolute Gasteiger partial charge is 0.394 e. The number of carbonyl (C=O) groups excluding carboxylic acids is 4. The van der Waals surface area contributed by atoms with Gasteiger partial charge in [0.1, 0.15) is 12.1 Å². The number of likely N-dealkylation sites (N-methyl/N-ethyl adjacent to an activating group) is 2. The van der Waals surface area contributed by atoms with E-state index in [1.807, 2.05) is 88.0 Å². The number of aliphatic hydroxyl groups is 2. The average molecular weight is 777 g/mol. The van der Waals surface area contributed by atoms with Gasteiger partial charge in [0.2, 0.25) is 23.6 Å². The molecule has 0 spiro atoms. The summed E-state index contributed by atoms with van der Waals surface area (Å²) in [6, 6.07) is 10.2. The molecule has 6 N–H and O–H groups in total. The van der Waals surface area contributed by atoms with E-state index < -0.39 is 0 Å². The Balaban J connectivity index is 1.07. The van der Waals surface area contributed by atoms with E-state index in [0.29, 0.717) is 25.7 Å². The normalized spacial score (nSPS) is 20.0. The van der Waals surface area contributed by atoms with Crippen molar-refractivity contribution >= 4 is 46.4 Å². The summed E-state index contributed by atoms with van der Waals surface area (Å²) in [5.74, 6) is 0.00736. The van der Waals surface area contributed by atoms with E-state index in [2.05, 4.69) is 21.3 Å². The Morgan fingerprint density at radius 1 is 0.625 bits per heavy atom. The Morgan fingerprint density at radius 3 is 1.29 bits per heavy atom. The van der Waals surface area contributed by atoms with Gasteiger partial charge in [0.25, 0.3) is 0 Å². The van der Waals surface area contributed by atoms with Gasteiger partial charge in [-0.25, -0.2) is 0 Å². The molecule has 0 radical (unpaired) electrons. The summed E-state index contributed by atoms with van der Waals surface area (Å²) in [6.07, 6.45) is 12.5. The molecule has 4 rings (SSSR count). The molecule has 2 aliphatic rings. The fraction of sp³-hybridized carbons (Fsp3) is 0.636. The lowest BCUT2D eigenvalue weighted by atomic mass is 9.95. The van der Waals surface area contributed by atoms with Gasteiger partial charge in [0, 0.05) is 49.7 Å². The molecule has 2 aliphatic heterocycles. The topological polar surface area (TPSA) is 163 Å². The molecule has 0 fully saturated rings. The van der Waals surface area contributed by atoms with Crippen LogP contribution < -0.4 is 31.1 Å². The van der Waals surface area contributed by atoms with Crippen molar-refractivity contribution in [1.82, 2.24) is 10.6 Å². The third kappa shape index (κ3) is 12.7. The molecule has 4 atom stereocenters. The van der Waals surface area contributed by atoms with Gasteiger partial charge in [-0.2, -0.15) is 0 Å². The Hall–Kier alpha value is -4.16. The van der Waals surface area contributed by atoms with Crippen molar-refractivity contribution in [3.63, 3.8) is 0 Å². The Labute approximate surface area is 334 Å². The van der Waals surface area contributed by atoms with Gasteiger partial charge in [0.15, 0.2) is 0 Å². The van der Waals surface area contributed by atoms with E-state index in [9.17, 15) is 29.4 Å². The van der Waals surface area contributed by atoms with E-state index >= 15 is 0 Å². The summed E-state index contributed by atoms with van der Waals surface area (Å²) < 4.78 is 0. The van der Waals surface area contributed by atoms with Gasteiger partial charge in [-0.3, -0.25) is 19.2 Å². The number of anilines is 4. The van der Waals surface area contributed by atoms with Crippen LogP contribution in [0.1, 0.15) is 116 Å². The van der Waals surface area contributed by atoms with Crippen LogP contribution in [0.2, 0.25) is 0 Å². The molecule has 12 nitrogen and oxygen atoms in total. The van der Waals surface area contributed by atoms with Crippen LogP contribution in [0.5, 0.6) is 0 Å². The van der Waals surface area contributed by atoms with E-state index in [1.165, 1.54) is 12.8 Å². The third-order valence-electron chi connectivity index (χ3n) is 11.2. The maximum atomic E-state index is 12.9. The summed E-state index contributed by atoms with van der Waals surface area (Å²) >= 11 is 0. The lowest BCUT2D eigenvalue weighted by molar-refractivity contribution is -0.125. The number of fused-ring (bicyclic) bond motifs is 2. The fourth-order valence-corrected chi connectivity index (χ4v) is 8.35. The van der Waals surface area contributed by atoms with Crippen LogP contribution in [0, 0.1) is 11.8 Å². The van der Waals surface area contributed by atoms with Crippen LogP contribution in [-0.4, -0.2) is 85.3 Å². The van der Waals surface area contributed by atoms with Crippen molar-refractivity contribution in [3.05, 3.63) is 47.5 Å². The van der Waals surface area contributed by atoms with E-state index in [1.54, 1.807) is 0 Å². The Kier molecular flexibility index (Phi) is 17.5. The molecule has 2 aromatic rings. The van der Waals surface area contributed by atoms with Crippen LogP contribution in [-0.2, 0) is 32.0 Å². The summed E-state index contributed by atoms with van der Waals surface area (Å²) in [6.45, 7) is 7.76. The molecule has 4 amide bonds. The minimum atomic E-state index is -0.374. The number of nitrogens with zero attached hydrogens (tertiary/aromatic N) is 2. The zero-order valence-electron chi connectivity index (χ0n) is 34.7. The van der Waals surface area contributed by atoms with Crippen LogP contribution in [0.4, 0.5) is 22.7 Å². The van der Waals surface area contributed by atoms with Crippen LogP contribution in [0.15, 0.2) is 36.4 Å². The second-order valence-electron chi connectivity index (χ2n) is 16.6. The van der Waals surface area contributed by atoms with Crippen LogP contribution >= 0.6 is 0 Å². The number of nitrogens with one attached hydrogen (secondary N) is 4. The number of unbranched alkanes of at least 4 members (excludes halogenated alkanes) is 9. The van der Waals surface area contributed by atoms with Crippen molar-refractivity contribution in [2.45, 2.75) is 142 Å². The Bertz CT molecular complexity index is 1500. The van der Waals surface area contributed by atoms with Crippen LogP contribution in [0.25, 0.3) is 0 Å². The first-order valence-corrected chi connectivity index (χ1v) is 21.0. The van der Waals surface area contributed by atoms with Gasteiger partial charge in [-0.1, -0.05) is 79.1 Å². The number of amides is 4. The highest BCUT2D eigenvalue weighted by molar-refractivity contribution is 5.93. The SMILES string of the molecule is CC(C)[C@H]1C(=O)N[C@H](CO)Cc2cc(NC(=O)CCCCCCCCCCCCC(=O)Nc3ccc4c(c3)C[C@@H](CO)NC(=O)[C@H](C(C)C)N4C)ccc2N1C. The van der Waals surface area contributed by atoms with Gasteiger partial charge < -0.3 is 41.3 Å². The molecule has 0 bridgehead atoms. The smallest absolute Gasteiger partial charge is 0.243 e. The summed E-state index contributed by atoms with van der Waals surface area (Å²) in [5, 5.41) is 31.8.